The van der Waals surface area contributed by atoms with Crippen molar-refractivity contribution in [3.8, 4) is 11.5 Å². The van der Waals surface area contributed by atoms with Crippen molar-refractivity contribution in [1.82, 2.24) is 15.2 Å². The van der Waals surface area contributed by atoms with Crippen LogP contribution < -0.4 is 20.1 Å². The lowest BCUT2D eigenvalue weighted by atomic mass is 10.1. The largest absolute Gasteiger partial charge is 0.493 e. The predicted octanol–water partition coefficient (Wildman–Crippen LogP) is 3.43. The molecular weight excluding hydrogens is 349 g/mol. The van der Waals surface area contributed by atoms with Gasteiger partial charge >= 0.3 is 0 Å². The van der Waals surface area contributed by atoms with Crippen molar-refractivity contribution in [1.29, 1.82) is 0 Å². The molecular formula is C19H20FN5O2. The average molecular weight is 369 g/mol. The number of halogens is 1. The van der Waals surface area contributed by atoms with E-state index >= 15 is 0 Å². The van der Waals surface area contributed by atoms with Crippen LogP contribution in [-0.2, 0) is 6.42 Å². The summed E-state index contributed by atoms with van der Waals surface area (Å²) >= 11 is 0. The summed E-state index contributed by atoms with van der Waals surface area (Å²) in [4.78, 5) is 4.33. The Morgan fingerprint density at radius 2 is 1.89 bits per heavy atom. The van der Waals surface area contributed by atoms with Crippen molar-refractivity contribution < 1.29 is 13.9 Å². The number of hydrogen-bond acceptors (Lipinski definition) is 7. The van der Waals surface area contributed by atoms with E-state index < -0.39 is 0 Å². The summed E-state index contributed by atoms with van der Waals surface area (Å²) in [6.45, 7) is 0.612. The highest BCUT2D eigenvalue weighted by Crippen LogP contribution is 2.27. The van der Waals surface area contributed by atoms with Crippen LogP contribution in [0.4, 0.5) is 21.8 Å². The molecule has 0 radical (unpaired) electrons. The Kier molecular flexibility index (Phi) is 5.98. The van der Waals surface area contributed by atoms with Crippen molar-refractivity contribution in [3.63, 3.8) is 0 Å². The summed E-state index contributed by atoms with van der Waals surface area (Å²) in [7, 11) is 3.21. The summed E-state index contributed by atoms with van der Waals surface area (Å²) in [5, 5.41) is 14.0. The first-order chi connectivity index (χ1) is 13.2. The normalized spacial score (nSPS) is 10.3. The molecule has 1 heterocycles. The first-order valence-corrected chi connectivity index (χ1v) is 8.35. The fraction of sp³-hybridized carbons (Fsp3) is 0.211. The molecule has 8 heteroatoms. The number of benzene rings is 2. The molecule has 0 spiro atoms. The van der Waals surface area contributed by atoms with Crippen molar-refractivity contribution >= 4 is 17.5 Å². The number of aromatic nitrogens is 3. The van der Waals surface area contributed by atoms with Gasteiger partial charge in [0.15, 0.2) is 17.3 Å². The quantitative estimate of drug-likeness (QED) is 0.629. The van der Waals surface area contributed by atoms with Crippen molar-refractivity contribution in [2.45, 2.75) is 6.42 Å². The van der Waals surface area contributed by atoms with Gasteiger partial charge in [-0.05, 0) is 42.3 Å². The van der Waals surface area contributed by atoms with Gasteiger partial charge in [-0.15, -0.1) is 5.10 Å². The predicted molar refractivity (Wildman–Crippen MR) is 101 cm³/mol. The molecule has 0 saturated carbocycles. The van der Waals surface area contributed by atoms with E-state index in [1.54, 1.807) is 26.4 Å². The topological polar surface area (TPSA) is 81.2 Å². The molecule has 1 aromatic heterocycles. The Morgan fingerprint density at radius 3 is 2.67 bits per heavy atom. The zero-order valence-corrected chi connectivity index (χ0v) is 15.1. The standard InChI is InChI=1S/C19H20FN5O2/c1-26-16-7-6-13(10-17(16)27-2)8-9-21-19-24-18(12-22-25-19)23-15-5-3-4-14(20)11-15/h3-7,10-12H,8-9H2,1-2H3,(H2,21,23,24,25). The van der Waals surface area contributed by atoms with Gasteiger partial charge in [0.25, 0.3) is 0 Å². The Labute approximate surface area is 156 Å². The van der Waals surface area contributed by atoms with E-state index in [9.17, 15) is 4.39 Å². The smallest absolute Gasteiger partial charge is 0.244 e. The zero-order chi connectivity index (χ0) is 19.1. The molecule has 0 unspecified atom stereocenters. The van der Waals surface area contributed by atoms with Crippen LogP contribution in [0.3, 0.4) is 0 Å². The molecule has 3 aromatic rings. The lowest BCUT2D eigenvalue weighted by Gasteiger charge is -2.10. The minimum absolute atomic E-state index is 0.324. The number of nitrogens with one attached hydrogen (secondary N) is 2. The first kappa shape index (κ1) is 18.4. The average Bonchev–Trinajstić information content (AvgIpc) is 2.68. The van der Waals surface area contributed by atoms with Crippen LogP contribution in [-0.4, -0.2) is 35.9 Å². The maximum Gasteiger partial charge on any atom is 0.244 e. The van der Waals surface area contributed by atoms with Crippen molar-refractivity contribution in [3.05, 3.63) is 60.0 Å². The highest BCUT2D eigenvalue weighted by Gasteiger charge is 2.06. The van der Waals surface area contributed by atoms with Crippen molar-refractivity contribution in [2.24, 2.45) is 0 Å². The molecule has 3 rings (SSSR count). The van der Waals surface area contributed by atoms with E-state index in [0.29, 0.717) is 35.5 Å². The summed E-state index contributed by atoms with van der Waals surface area (Å²) in [6.07, 6.45) is 2.22. The second kappa shape index (κ2) is 8.79. The van der Waals surface area contributed by atoms with Gasteiger partial charge in [0.05, 0.1) is 20.4 Å². The van der Waals surface area contributed by atoms with Gasteiger partial charge in [-0.2, -0.15) is 10.1 Å². The number of methoxy groups -OCH3 is 2. The van der Waals surface area contributed by atoms with Crippen LogP contribution in [0.2, 0.25) is 0 Å². The fourth-order valence-electron chi connectivity index (χ4n) is 2.51. The Morgan fingerprint density at radius 1 is 1.04 bits per heavy atom. The number of ether oxygens (including phenoxy) is 2. The van der Waals surface area contributed by atoms with Gasteiger partial charge in [0.1, 0.15) is 5.82 Å². The molecule has 7 nitrogen and oxygen atoms in total. The van der Waals surface area contributed by atoms with E-state index in [0.717, 1.165) is 12.0 Å². The second-order valence-corrected chi connectivity index (χ2v) is 5.67. The molecule has 0 aliphatic rings. The molecule has 0 aliphatic carbocycles. The first-order valence-electron chi connectivity index (χ1n) is 8.35. The van der Waals surface area contributed by atoms with Crippen LogP contribution >= 0.6 is 0 Å². The van der Waals surface area contributed by atoms with Gasteiger partial charge in [0, 0.05) is 12.2 Å². The number of anilines is 3. The monoisotopic (exact) mass is 369 g/mol. The fourth-order valence-corrected chi connectivity index (χ4v) is 2.51. The Hall–Kier alpha value is -3.42. The molecule has 2 N–H and O–H groups in total. The maximum absolute atomic E-state index is 13.3. The van der Waals surface area contributed by atoms with E-state index in [4.69, 9.17) is 9.47 Å². The SMILES string of the molecule is COc1ccc(CCNc2nncc(Nc3cccc(F)c3)n2)cc1OC. The van der Waals surface area contributed by atoms with Crippen LogP contribution in [0, 0.1) is 5.82 Å². The van der Waals surface area contributed by atoms with Crippen molar-refractivity contribution in [2.75, 3.05) is 31.4 Å². The van der Waals surface area contributed by atoms with E-state index in [2.05, 4.69) is 25.8 Å². The van der Waals surface area contributed by atoms with Gasteiger partial charge in [-0.3, -0.25) is 0 Å². The van der Waals surface area contributed by atoms with E-state index in [1.807, 2.05) is 18.2 Å². The van der Waals surface area contributed by atoms with Crippen LogP contribution in [0.1, 0.15) is 5.56 Å². The Bertz CT molecular complexity index is 907. The molecule has 0 bridgehead atoms. The van der Waals surface area contributed by atoms with Crippen LogP contribution in [0.25, 0.3) is 0 Å². The van der Waals surface area contributed by atoms with Gasteiger partial charge < -0.3 is 20.1 Å². The van der Waals surface area contributed by atoms with E-state index in [1.165, 1.54) is 18.3 Å². The summed E-state index contributed by atoms with van der Waals surface area (Å²) in [5.74, 6) is 1.92. The molecule has 140 valence electrons. The molecule has 27 heavy (non-hydrogen) atoms. The summed E-state index contributed by atoms with van der Waals surface area (Å²) in [5.41, 5.74) is 1.67. The van der Waals surface area contributed by atoms with E-state index in [-0.39, 0.29) is 5.82 Å². The highest BCUT2D eigenvalue weighted by molar-refractivity contribution is 5.55. The van der Waals surface area contributed by atoms with Crippen LogP contribution in [0.5, 0.6) is 11.5 Å². The molecule has 0 fully saturated rings. The summed E-state index contributed by atoms with van der Waals surface area (Å²) < 4.78 is 23.8. The molecule has 0 amide bonds. The van der Waals surface area contributed by atoms with Gasteiger partial charge in [0.2, 0.25) is 5.95 Å². The molecule has 0 aliphatic heterocycles. The lowest BCUT2D eigenvalue weighted by Crippen LogP contribution is -2.10. The third kappa shape index (κ3) is 5.04. The lowest BCUT2D eigenvalue weighted by molar-refractivity contribution is 0.354. The minimum atomic E-state index is -0.324. The highest BCUT2D eigenvalue weighted by atomic mass is 19.1. The zero-order valence-electron chi connectivity index (χ0n) is 15.1. The number of nitrogens with zero attached hydrogens (tertiary/aromatic N) is 3. The number of hydrogen-bond donors (Lipinski definition) is 2. The number of rotatable bonds is 8. The molecule has 0 atom stereocenters. The maximum atomic E-state index is 13.3. The Balaban J connectivity index is 1.58. The summed E-state index contributed by atoms with van der Waals surface area (Å²) in [6, 6.07) is 11.9. The third-order valence-electron chi connectivity index (χ3n) is 3.80. The molecule has 2 aromatic carbocycles. The third-order valence-corrected chi connectivity index (χ3v) is 3.80. The van der Waals surface area contributed by atoms with Gasteiger partial charge in [-0.1, -0.05) is 12.1 Å². The van der Waals surface area contributed by atoms with Crippen LogP contribution in [0.15, 0.2) is 48.7 Å². The second-order valence-electron chi connectivity index (χ2n) is 5.67. The molecule has 0 saturated heterocycles. The van der Waals surface area contributed by atoms with Gasteiger partial charge in [-0.25, -0.2) is 4.39 Å². The minimum Gasteiger partial charge on any atom is -0.493 e.